The molecule has 0 saturated heterocycles. The number of hydrogen-bond acceptors (Lipinski definition) is 4. The molecule has 2 amide bonds. The van der Waals surface area contributed by atoms with E-state index < -0.39 is 6.04 Å². The van der Waals surface area contributed by atoms with E-state index in [0.717, 1.165) is 0 Å². The van der Waals surface area contributed by atoms with Gasteiger partial charge >= 0.3 is 0 Å². The van der Waals surface area contributed by atoms with Gasteiger partial charge in [-0.25, -0.2) is 0 Å². The summed E-state index contributed by atoms with van der Waals surface area (Å²) >= 11 is 0. The molecule has 6 heteroatoms. The Kier molecular flexibility index (Phi) is 6.69. The highest BCUT2D eigenvalue weighted by molar-refractivity contribution is 5.96. The topological polar surface area (TPSA) is 93.4 Å². The van der Waals surface area contributed by atoms with Crippen molar-refractivity contribution in [3.05, 3.63) is 30.3 Å². The van der Waals surface area contributed by atoms with Crippen molar-refractivity contribution in [1.29, 1.82) is 0 Å². The Bertz CT molecular complexity index is 433. The molecular weight excluding hydrogens is 258 g/mol. The van der Waals surface area contributed by atoms with Crippen LogP contribution in [0.2, 0.25) is 0 Å². The predicted molar refractivity (Wildman–Crippen MR) is 77.1 cm³/mol. The first-order chi connectivity index (χ1) is 9.56. The van der Waals surface area contributed by atoms with Crippen LogP contribution in [0.4, 0.5) is 5.69 Å². The first-order valence-corrected chi connectivity index (χ1v) is 6.45. The van der Waals surface area contributed by atoms with E-state index in [1.54, 1.807) is 19.1 Å². The average Bonchev–Trinajstić information content (AvgIpc) is 2.45. The molecule has 0 aliphatic rings. The number of hydrogen-bond donors (Lipinski definition) is 3. The van der Waals surface area contributed by atoms with Crippen LogP contribution in [-0.2, 0) is 14.3 Å². The van der Waals surface area contributed by atoms with E-state index >= 15 is 0 Å². The summed E-state index contributed by atoms with van der Waals surface area (Å²) in [5, 5.41) is 5.33. The number of carbonyl (C=O) groups is 2. The summed E-state index contributed by atoms with van der Waals surface area (Å²) < 4.78 is 5.02. The number of methoxy groups -OCH3 is 1. The Labute approximate surface area is 118 Å². The van der Waals surface area contributed by atoms with Crippen LogP contribution in [0.25, 0.3) is 0 Å². The molecule has 6 nitrogen and oxygen atoms in total. The standard InChI is InChI=1S/C14H21N3O3/c1-10(16-13(18)8-12(9-15)20-2)14(19)17-11-6-4-3-5-7-11/h3-7,10,12H,8-9,15H2,1-2H3,(H,16,18)(H,17,19). The van der Waals surface area contributed by atoms with Crippen LogP contribution in [0.1, 0.15) is 13.3 Å². The second-order valence-electron chi connectivity index (χ2n) is 4.44. The van der Waals surface area contributed by atoms with Crippen LogP contribution in [0.5, 0.6) is 0 Å². The van der Waals surface area contributed by atoms with Crippen molar-refractivity contribution in [2.75, 3.05) is 19.0 Å². The molecule has 4 N–H and O–H groups in total. The van der Waals surface area contributed by atoms with Gasteiger partial charge in [0, 0.05) is 19.3 Å². The molecule has 20 heavy (non-hydrogen) atoms. The highest BCUT2D eigenvalue weighted by atomic mass is 16.5. The van der Waals surface area contributed by atoms with Crippen molar-refractivity contribution in [2.45, 2.75) is 25.5 Å². The molecule has 1 aromatic rings. The number of nitrogens with two attached hydrogens (primary N) is 1. The molecule has 0 spiro atoms. The first kappa shape index (κ1) is 16.1. The zero-order valence-electron chi connectivity index (χ0n) is 11.8. The Balaban J connectivity index is 2.43. The number of nitrogens with one attached hydrogen (secondary N) is 2. The van der Waals surface area contributed by atoms with E-state index in [1.807, 2.05) is 18.2 Å². The Morgan fingerprint density at radius 3 is 2.50 bits per heavy atom. The third-order valence-corrected chi connectivity index (χ3v) is 2.82. The molecule has 0 saturated carbocycles. The molecule has 1 aromatic carbocycles. The van der Waals surface area contributed by atoms with Crippen LogP contribution >= 0.6 is 0 Å². The smallest absolute Gasteiger partial charge is 0.246 e. The molecule has 2 unspecified atom stereocenters. The number of amides is 2. The van der Waals surface area contributed by atoms with E-state index in [-0.39, 0.29) is 30.9 Å². The molecule has 0 aliphatic heterocycles. The second kappa shape index (κ2) is 8.29. The Morgan fingerprint density at radius 1 is 1.30 bits per heavy atom. The average molecular weight is 279 g/mol. The van der Waals surface area contributed by atoms with Crippen LogP contribution < -0.4 is 16.4 Å². The number of anilines is 1. The van der Waals surface area contributed by atoms with Crippen LogP contribution in [0.3, 0.4) is 0 Å². The Hall–Kier alpha value is -1.92. The predicted octanol–water partition coefficient (Wildman–Crippen LogP) is 0.494. The van der Waals surface area contributed by atoms with E-state index in [9.17, 15) is 9.59 Å². The molecule has 110 valence electrons. The molecule has 0 fully saturated rings. The third kappa shape index (κ3) is 5.38. The Morgan fingerprint density at radius 2 is 1.95 bits per heavy atom. The summed E-state index contributed by atoms with van der Waals surface area (Å²) in [7, 11) is 1.50. The molecule has 0 bridgehead atoms. The molecular formula is C14H21N3O3. The largest absolute Gasteiger partial charge is 0.380 e. The number of benzene rings is 1. The van der Waals surface area contributed by atoms with Crippen LogP contribution in [0.15, 0.2) is 30.3 Å². The van der Waals surface area contributed by atoms with Gasteiger partial charge in [0.1, 0.15) is 6.04 Å². The quantitative estimate of drug-likeness (QED) is 0.677. The zero-order valence-corrected chi connectivity index (χ0v) is 11.8. The second-order valence-corrected chi connectivity index (χ2v) is 4.44. The summed E-state index contributed by atoms with van der Waals surface area (Å²) in [6.07, 6.45) is -0.199. The van der Waals surface area contributed by atoms with Crippen LogP contribution in [0, 0.1) is 0 Å². The fourth-order valence-electron chi connectivity index (χ4n) is 1.61. The lowest BCUT2D eigenvalue weighted by Crippen LogP contribution is -2.43. The summed E-state index contributed by atoms with van der Waals surface area (Å²) in [6, 6.07) is 8.44. The molecule has 1 rings (SSSR count). The molecule has 2 atom stereocenters. The van der Waals surface area contributed by atoms with Crippen molar-refractivity contribution < 1.29 is 14.3 Å². The lowest BCUT2D eigenvalue weighted by molar-refractivity contribution is -0.127. The summed E-state index contributed by atoms with van der Waals surface area (Å²) in [6.45, 7) is 1.88. The third-order valence-electron chi connectivity index (χ3n) is 2.82. The van der Waals surface area contributed by atoms with E-state index in [2.05, 4.69) is 10.6 Å². The summed E-state index contributed by atoms with van der Waals surface area (Å²) in [4.78, 5) is 23.6. The van der Waals surface area contributed by atoms with Crippen molar-refractivity contribution in [2.24, 2.45) is 5.73 Å². The van der Waals surface area contributed by atoms with Gasteiger partial charge in [-0.05, 0) is 19.1 Å². The maximum Gasteiger partial charge on any atom is 0.246 e. The minimum absolute atomic E-state index is 0.135. The molecule has 0 aromatic heterocycles. The van der Waals surface area contributed by atoms with Gasteiger partial charge in [-0.1, -0.05) is 18.2 Å². The molecule has 0 radical (unpaired) electrons. The zero-order chi connectivity index (χ0) is 15.0. The van der Waals surface area contributed by atoms with Crippen molar-refractivity contribution in [3.8, 4) is 0 Å². The molecule has 0 aliphatic carbocycles. The molecule has 0 heterocycles. The lowest BCUT2D eigenvalue weighted by atomic mass is 10.2. The van der Waals surface area contributed by atoms with Gasteiger partial charge in [-0.3, -0.25) is 9.59 Å². The summed E-state index contributed by atoms with van der Waals surface area (Å²) in [5.74, 6) is -0.538. The SMILES string of the molecule is COC(CN)CC(=O)NC(C)C(=O)Nc1ccccc1. The highest BCUT2D eigenvalue weighted by Crippen LogP contribution is 2.05. The minimum atomic E-state index is -0.627. The summed E-state index contributed by atoms with van der Waals surface area (Å²) in [5.41, 5.74) is 6.13. The number of rotatable bonds is 7. The van der Waals surface area contributed by atoms with Gasteiger partial charge in [-0.2, -0.15) is 0 Å². The van der Waals surface area contributed by atoms with Gasteiger partial charge in [0.2, 0.25) is 11.8 Å². The maximum absolute atomic E-state index is 11.9. The first-order valence-electron chi connectivity index (χ1n) is 6.45. The van der Waals surface area contributed by atoms with Crippen molar-refractivity contribution >= 4 is 17.5 Å². The number of para-hydroxylation sites is 1. The number of carbonyl (C=O) groups excluding carboxylic acids is 2. The minimum Gasteiger partial charge on any atom is -0.380 e. The van der Waals surface area contributed by atoms with E-state index in [4.69, 9.17) is 10.5 Å². The van der Waals surface area contributed by atoms with Crippen molar-refractivity contribution in [3.63, 3.8) is 0 Å². The normalized spacial score (nSPS) is 13.3. The van der Waals surface area contributed by atoms with Gasteiger partial charge in [-0.15, -0.1) is 0 Å². The lowest BCUT2D eigenvalue weighted by Gasteiger charge is -2.16. The fraction of sp³-hybridized carbons (Fsp3) is 0.429. The maximum atomic E-state index is 11.9. The van der Waals surface area contributed by atoms with Gasteiger partial charge in [0.15, 0.2) is 0 Å². The van der Waals surface area contributed by atoms with Gasteiger partial charge < -0.3 is 21.1 Å². The monoisotopic (exact) mass is 279 g/mol. The van der Waals surface area contributed by atoms with Crippen LogP contribution in [-0.4, -0.2) is 37.6 Å². The van der Waals surface area contributed by atoms with Crippen molar-refractivity contribution in [1.82, 2.24) is 5.32 Å². The van der Waals surface area contributed by atoms with Gasteiger partial charge in [0.05, 0.1) is 12.5 Å². The highest BCUT2D eigenvalue weighted by Gasteiger charge is 2.18. The van der Waals surface area contributed by atoms with E-state index in [0.29, 0.717) is 5.69 Å². The van der Waals surface area contributed by atoms with E-state index in [1.165, 1.54) is 7.11 Å². The van der Waals surface area contributed by atoms with Gasteiger partial charge in [0.25, 0.3) is 0 Å². The number of ether oxygens (including phenoxy) is 1. The fourth-order valence-corrected chi connectivity index (χ4v) is 1.61.